The highest BCUT2D eigenvalue weighted by Gasteiger charge is 2.66. The van der Waals surface area contributed by atoms with E-state index >= 15 is 0 Å². The molecule has 5 atom stereocenters. The molecule has 6 heteroatoms. The molecule has 1 aliphatic heterocycles. The summed E-state index contributed by atoms with van der Waals surface area (Å²) in [5.74, 6) is -0.00811. The number of nitro groups is 1. The normalized spacial score (nSPS) is 48.1. The molecular formula is C22H31NO5. The van der Waals surface area contributed by atoms with Crippen LogP contribution in [0.3, 0.4) is 0 Å². The molecule has 1 N–H and O–H groups in total. The van der Waals surface area contributed by atoms with Gasteiger partial charge < -0.3 is 14.6 Å². The fraction of sp³-hybridized carbons (Fsp3) is 0.818. The summed E-state index contributed by atoms with van der Waals surface area (Å²) in [6.45, 7) is 5.74. The number of allylic oxidation sites excluding steroid dienone is 2. The van der Waals surface area contributed by atoms with Crippen LogP contribution >= 0.6 is 0 Å². The highest BCUT2D eigenvalue weighted by molar-refractivity contribution is 5.34. The third-order valence-corrected chi connectivity index (χ3v) is 9.22. The lowest BCUT2D eigenvalue weighted by atomic mass is 9.45. The number of rotatable bonds is 1. The molecule has 154 valence electrons. The van der Waals surface area contributed by atoms with Gasteiger partial charge in [-0.25, -0.2) is 0 Å². The first-order valence-corrected chi connectivity index (χ1v) is 10.8. The minimum atomic E-state index is -0.745. The Labute approximate surface area is 166 Å². The zero-order valence-corrected chi connectivity index (χ0v) is 16.9. The molecule has 0 radical (unpaired) electrons. The molecule has 1 spiro atoms. The fourth-order valence-electron chi connectivity index (χ4n) is 7.48. The molecule has 1 saturated heterocycles. The van der Waals surface area contributed by atoms with E-state index in [2.05, 4.69) is 19.9 Å². The SMILES string of the molecule is C[C@]12CCC3(CC1=CC[C@H]1[C@@H]4CCC(=C[N+](=O)[O-])[C@@]4(C)CC[C@@]12O)OCCO3. The predicted octanol–water partition coefficient (Wildman–Crippen LogP) is 3.97. The number of fused-ring (bicyclic) bond motifs is 5. The summed E-state index contributed by atoms with van der Waals surface area (Å²) in [6, 6.07) is 0. The molecule has 5 aliphatic rings. The second kappa shape index (κ2) is 5.89. The van der Waals surface area contributed by atoms with E-state index in [4.69, 9.17) is 9.47 Å². The van der Waals surface area contributed by atoms with Crippen LogP contribution in [0.15, 0.2) is 23.4 Å². The average Bonchev–Trinajstić information content (AvgIpc) is 3.22. The van der Waals surface area contributed by atoms with Crippen LogP contribution in [0.2, 0.25) is 0 Å². The van der Waals surface area contributed by atoms with E-state index in [1.807, 2.05) is 0 Å². The van der Waals surface area contributed by atoms with Crippen LogP contribution in [0.1, 0.15) is 65.2 Å². The highest BCUT2D eigenvalue weighted by atomic mass is 16.7. The summed E-state index contributed by atoms with van der Waals surface area (Å²) in [7, 11) is 0. The van der Waals surface area contributed by atoms with E-state index in [0.717, 1.165) is 50.5 Å². The van der Waals surface area contributed by atoms with Crippen molar-refractivity contribution in [3.8, 4) is 0 Å². The van der Waals surface area contributed by atoms with Crippen LogP contribution in [0.25, 0.3) is 0 Å². The lowest BCUT2D eigenvalue weighted by Gasteiger charge is -2.62. The molecule has 0 aromatic heterocycles. The summed E-state index contributed by atoms with van der Waals surface area (Å²) >= 11 is 0. The second-order valence-electron chi connectivity index (χ2n) is 10.1. The Kier molecular flexibility index (Phi) is 3.95. The maximum Gasteiger partial charge on any atom is 0.234 e. The minimum absolute atomic E-state index is 0.154. The van der Waals surface area contributed by atoms with Gasteiger partial charge in [-0.15, -0.1) is 0 Å². The van der Waals surface area contributed by atoms with Crippen molar-refractivity contribution >= 4 is 0 Å². The molecule has 0 aromatic rings. The van der Waals surface area contributed by atoms with Gasteiger partial charge in [0, 0.05) is 23.8 Å². The van der Waals surface area contributed by atoms with Crippen molar-refractivity contribution in [3.63, 3.8) is 0 Å². The maximum absolute atomic E-state index is 12.1. The predicted molar refractivity (Wildman–Crippen MR) is 103 cm³/mol. The molecule has 5 rings (SSSR count). The molecular weight excluding hydrogens is 358 g/mol. The maximum atomic E-state index is 12.1. The first-order valence-electron chi connectivity index (χ1n) is 10.8. The Bertz CT molecular complexity index is 769. The quantitative estimate of drug-likeness (QED) is 0.417. The van der Waals surface area contributed by atoms with Crippen LogP contribution in [0.4, 0.5) is 0 Å². The smallest absolute Gasteiger partial charge is 0.234 e. The monoisotopic (exact) mass is 389 g/mol. The van der Waals surface area contributed by atoms with Gasteiger partial charge in [0.2, 0.25) is 6.20 Å². The number of hydrogen-bond donors (Lipinski definition) is 1. The van der Waals surface area contributed by atoms with Gasteiger partial charge in [-0.2, -0.15) is 0 Å². The highest BCUT2D eigenvalue weighted by Crippen LogP contribution is 2.68. The van der Waals surface area contributed by atoms with E-state index in [1.165, 1.54) is 11.8 Å². The first kappa shape index (κ1) is 18.8. The molecule has 4 aliphatic carbocycles. The lowest BCUT2D eigenvalue weighted by Crippen LogP contribution is -2.63. The third-order valence-electron chi connectivity index (χ3n) is 9.22. The third kappa shape index (κ3) is 2.31. The summed E-state index contributed by atoms with van der Waals surface area (Å²) < 4.78 is 11.9. The summed E-state index contributed by atoms with van der Waals surface area (Å²) in [4.78, 5) is 10.8. The van der Waals surface area contributed by atoms with Crippen molar-refractivity contribution in [2.24, 2.45) is 22.7 Å². The average molecular weight is 389 g/mol. The van der Waals surface area contributed by atoms with Crippen molar-refractivity contribution in [2.75, 3.05) is 13.2 Å². The Morgan fingerprint density at radius 2 is 1.93 bits per heavy atom. The van der Waals surface area contributed by atoms with Gasteiger partial charge in [-0.3, -0.25) is 10.1 Å². The van der Waals surface area contributed by atoms with Crippen molar-refractivity contribution in [3.05, 3.63) is 33.5 Å². The zero-order valence-electron chi connectivity index (χ0n) is 16.9. The van der Waals surface area contributed by atoms with Crippen LogP contribution in [-0.4, -0.2) is 34.6 Å². The number of aliphatic hydroxyl groups is 1. The van der Waals surface area contributed by atoms with Crippen LogP contribution in [0, 0.1) is 32.8 Å². The largest absolute Gasteiger partial charge is 0.389 e. The number of ether oxygens (including phenoxy) is 2. The molecule has 4 fully saturated rings. The van der Waals surface area contributed by atoms with Gasteiger partial charge in [0.05, 0.1) is 23.7 Å². The Balaban J connectivity index is 1.50. The van der Waals surface area contributed by atoms with Gasteiger partial charge in [0.25, 0.3) is 0 Å². The lowest BCUT2D eigenvalue weighted by molar-refractivity contribution is -0.404. The standard InChI is InChI=1S/C22H31NO5/c1-19-7-10-22(24)18(17(19)5-4-16(19)14-23(25)26)6-3-15-13-21(27-11-12-28-21)9-8-20(15,22)2/h3,14,17-18,24H,4-13H2,1-2H3/t17-,18-,19+,20-,22+/m0/s1. The molecule has 0 aromatic carbocycles. The van der Waals surface area contributed by atoms with Crippen LogP contribution < -0.4 is 0 Å². The van der Waals surface area contributed by atoms with Gasteiger partial charge in [0.15, 0.2) is 5.79 Å². The molecule has 0 unspecified atom stereocenters. The van der Waals surface area contributed by atoms with E-state index in [9.17, 15) is 15.2 Å². The van der Waals surface area contributed by atoms with Gasteiger partial charge in [0.1, 0.15) is 0 Å². The van der Waals surface area contributed by atoms with Gasteiger partial charge in [-0.1, -0.05) is 25.5 Å². The second-order valence-corrected chi connectivity index (χ2v) is 10.1. The van der Waals surface area contributed by atoms with Crippen LogP contribution in [0.5, 0.6) is 0 Å². The molecule has 28 heavy (non-hydrogen) atoms. The Morgan fingerprint density at radius 3 is 2.64 bits per heavy atom. The van der Waals surface area contributed by atoms with Crippen molar-refractivity contribution in [1.29, 1.82) is 0 Å². The summed E-state index contributed by atoms with van der Waals surface area (Å²) in [5, 5.41) is 23.3. The zero-order chi connectivity index (χ0) is 19.8. The van der Waals surface area contributed by atoms with Gasteiger partial charge >= 0.3 is 0 Å². The Morgan fingerprint density at radius 1 is 1.18 bits per heavy atom. The molecule has 1 heterocycles. The van der Waals surface area contributed by atoms with Crippen molar-refractivity contribution < 1.29 is 19.5 Å². The number of nitrogens with zero attached hydrogens (tertiary/aromatic N) is 1. The van der Waals surface area contributed by atoms with E-state index in [-0.39, 0.29) is 21.7 Å². The summed E-state index contributed by atoms with van der Waals surface area (Å²) in [5.41, 5.74) is 1.11. The van der Waals surface area contributed by atoms with E-state index < -0.39 is 11.4 Å². The van der Waals surface area contributed by atoms with Crippen LogP contribution in [-0.2, 0) is 9.47 Å². The van der Waals surface area contributed by atoms with Crippen molar-refractivity contribution in [1.82, 2.24) is 0 Å². The molecule has 6 nitrogen and oxygen atoms in total. The van der Waals surface area contributed by atoms with Gasteiger partial charge in [-0.05, 0) is 55.8 Å². The molecule has 0 amide bonds. The molecule has 3 saturated carbocycles. The number of hydrogen-bond acceptors (Lipinski definition) is 5. The fourth-order valence-corrected chi connectivity index (χ4v) is 7.48. The topological polar surface area (TPSA) is 81.8 Å². The Hall–Kier alpha value is -1.24. The minimum Gasteiger partial charge on any atom is -0.389 e. The first-order chi connectivity index (χ1) is 13.2. The summed E-state index contributed by atoms with van der Waals surface area (Å²) in [6.07, 6.45) is 10.1. The molecule has 0 bridgehead atoms. The van der Waals surface area contributed by atoms with Crippen molar-refractivity contribution in [2.45, 2.75) is 76.6 Å². The van der Waals surface area contributed by atoms with E-state index in [1.54, 1.807) is 0 Å². The van der Waals surface area contributed by atoms with E-state index in [0.29, 0.717) is 25.6 Å².